The van der Waals surface area contributed by atoms with Gasteiger partial charge in [-0.2, -0.15) is 0 Å². The van der Waals surface area contributed by atoms with Gasteiger partial charge < -0.3 is 10.1 Å². The number of nitrogens with one attached hydrogen (secondary N) is 1. The highest BCUT2D eigenvalue weighted by atomic mass is 35.5. The van der Waals surface area contributed by atoms with Crippen molar-refractivity contribution in [1.82, 2.24) is 10.2 Å². The van der Waals surface area contributed by atoms with E-state index >= 15 is 0 Å². The van der Waals surface area contributed by atoms with Crippen LogP contribution in [0.3, 0.4) is 0 Å². The van der Waals surface area contributed by atoms with Crippen molar-refractivity contribution >= 4 is 17.5 Å². The fraction of sp³-hybridized carbons (Fsp3) is 0.650. The molecule has 2 fully saturated rings. The van der Waals surface area contributed by atoms with Gasteiger partial charge >= 0.3 is 0 Å². The van der Waals surface area contributed by atoms with Crippen LogP contribution in [0.4, 0.5) is 0 Å². The third-order valence-corrected chi connectivity index (χ3v) is 5.53. The van der Waals surface area contributed by atoms with Crippen LogP contribution in [-0.2, 0) is 16.1 Å². The maximum absolute atomic E-state index is 12.1. The van der Waals surface area contributed by atoms with Crippen molar-refractivity contribution in [2.75, 3.05) is 19.7 Å². The predicted octanol–water partition coefficient (Wildman–Crippen LogP) is 3.77. The van der Waals surface area contributed by atoms with Crippen LogP contribution in [-0.4, -0.2) is 42.6 Å². The normalized spacial score (nSPS) is 20.5. The summed E-state index contributed by atoms with van der Waals surface area (Å²) in [5, 5.41) is 3.92. The number of amides is 1. The van der Waals surface area contributed by atoms with Crippen molar-refractivity contribution in [2.24, 2.45) is 0 Å². The Labute approximate surface area is 155 Å². The number of hydrogen-bond acceptors (Lipinski definition) is 3. The number of ether oxygens (including phenoxy) is 1. The van der Waals surface area contributed by atoms with E-state index in [1.165, 1.54) is 24.8 Å². The first-order chi connectivity index (χ1) is 12.2. The molecule has 0 spiro atoms. The van der Waals surface area contributed by atoms with Gasteiger partial charge in [0, 0.05) is 30.7 Å². The van der Waals surface area contributed by atoms with Crippen LogP contribution >= 0.6 is 11.6 Å². The average molecular weight is 365 g/mol. The van der Waals surface area contributed by atoms with Crippen LogP contribution in [0.1, 0.15) is 50.5 Å². The molecule has 25 heavy (non-hydrogen) atoms. The number of hydrogen-bond donors (Lipinski definition) is 1. The van der Waals surface area contributed by atoms with E-state index in [2.05, 4.69) is 22.3 Å². The second-order valence-corrected chi connectivity index (χ2v) is 7.75. The summed E-state index contributed by atoms with van der Waals surface area (Å²) >= 11 is 5.93. The van der Waals surface area contributed by atoms with Gasteiger partial charge in [0.05, 0.1) is 6.10 Å². The maximum Gasteiger partial charge on any atom is 0.246 e. The summed E-state index contributed by atoms with van der Waals surface area (Å²) in [5.74, 6) is 0.0433. The molecule has 5 heteroatoms. The molecule has 1 N–H and O–H groups in total. The van der Waals surface area contributed by atoms with Gasteiger partial charge in [0.2, 0.25) is 5.91 Å². The lowest BCUT2D eigenvalue weighted by atomic mass is 9.98. The quantitative estimate of drug-likeness (QED) is 0.835. The molecule has 1 aliphatic carbocycles. The molecule has 3 rings (SSSR count). The highest BCUT2D eigenvalue weighted by Gasteiger charge is 2.21. The SMILES string of the molecule is O=C(COC1CCCCC1)NC1CCN(Cc2ccc(Cl)cc2)CC1. The Kier molecular flexibility index (Phi) is 7.14. The predicted molar refractivity (Wildman–Crippen MR) is 101 cm³/mol. The summed E-state index contributed by atoms with van der Waals surface area (Å²) in [5.41, 5.74) is 1.28. The van der Waals surface area contributed by atoms with Crippen LogP contribution in [0.2, 0.25) is 5.02 Å². The van der Waals surface area contributed by atoms with Crippen molar-refractivity contribution in [1.29, 1.82) is 0 Å². The molecule has 138 valence electrons. The fourth-order valence-electron chi connectivity index (χ4n) is 3.78. The average Bonchev–Trinajstić information content (AvgIpc) is 2.64. The molecule has 2 aliphatic rings. The molecular weight excluding hydrogens is 336 g/mol. The van der Waals surface area contributed by atoms with E-state index in [1.807, 2.05) is 12.1 Å². The van der Waals surface area contributed by atoms with Crippen molar-refractivity contribution in [3.8, 4) is 0 Å². The van der Waals surface area contributed by atoms with Gasteiger partial charge in [0.1, 0.15) is 6.61 Å². The third kappa shape index (κ3) is 6.28. The number of halogens is 1. The summed E-state index contributed by atoms with van der Waals surface area (Å²) in [6.45, 7) is 3.19. The van der Waals surface area contributed by atoms with Gasteiger partial charge in [-0.25, -0.2) is 0 Å². The summed E-state index contributed by atoms with van der Waals surface area (Å²) < 4.78 is 5.76. The minimum Gasteiger partial charge on any atom is -0.368 e. The molecule has 1 saturated heterocycles. The number of carbonyl (C=O) groups is 1. The van der Waals surface area contributed by atoms with Crippen LogP contribution in [0, 0.1) is 0 Å². The molecule has 0 bridgehead atoms. The topological polar surface area (TPSA) is 41.6 Å². The maximum atomic E-state index is 12.1. The minimum absolute atomic E-state index is 0.0433. The highest BCUT2D eigenvalue weighted by Crippen LogP contribution is 2.20. The second-order valence-electron chi connectivity index (χ2n) is 7.32. The third-order valence-electron chi connectivity index (χ3n) is 5.27. The van der Waals surface area contributed by atoms with E-state index in [0.29, 0.717) is 6.10 Å². The van der Waals surface area contributed by atoms with Crippen molar-refractivity contribution in [3.05, 3.63) is 34.9 Å². The molecule has 1 amide bonds. The van der Waals surface area contributed by atoms with E-state index in [4.69, 9.17) is 16.3 Å². The molecule has 1 aliphatic heterocycles. The Bertz CT molecular complexity index is 535. The van der Waals surface area contributed by atoms with Gasteiger partial charge in [-0.3, -0.25) is 9.69 Å². The van der Waals surface area contributed by atoms with Gasteiger partial charge in [-0.15, -0.1) is 0 Å². The Balaban J connectivity index is 1.33. The Morgan fingerprint density at radius 2 is 1.76 bits per heavy atom. The summed E-state index contributed by atoms with van der Waals surface area (Å²) in [7, 11) is 0. The largest absolute Gasteiger partial charge is 0.368 e. The Hall–Kier alpha value is -1.10. The van der Waals surface area contributed by atoms with Gasteiger partial charge in [0.25, 0.3) is 0 Å². The number of benzene rings is 1. The molecule has 0 aromatic heterocycles. The standard InChI is InChI=1S/C20H29ClN2O2/c21-17-8-6-16(7-9-17)14-23-12-10-18(11-13-23)22-20(24)15-25-19-4-2-1-3-5-19/h6-9,18-19H,1-5,10-15H2,(H,22,24). The van der Waals surface area contributed by atoms with E-state index in [0.717, 1.165) is 50.3 Å². The van der Waals surface area contributed by atoms with Crippen LogP contribution in [0.25, 0.3) is 0 Å². The summed E-state index contributed by atoms with van der Waals surface area (Å²) in [4.78, 5) is 14.5. The smallest absolute Gasteiger partial charge is 0.246 e. The molecule has 1 aromatic carbocycles. The zero-order chi connectivity index (χ0) is 17.5. The van der Waals surface area contributed by atoms with E-state index in [1.54, 1.807) is 0 Å². The minimum atomic E-state index is 0.0433. The molecule has 4 nitrogen and oxygen atoms in total. The summed E-state index contributed by atoms with van der Waals surface area (Å²) in [6.07, 6.45) is 8.29. The van der Waals surface area contributed by atoms with Crippen molar-refractivity contribution < 1.29 is 9.53 Å². The molecule has 0 atom stereocenters. The van der Waals surface area contributed by atoms with Crippen LogP contribution < -0.4 is 5.32 Å². The Morgan fingerprint density at radius 3 is 2.44 bits per heavy atom. The fourth-order valence-corrected chi connectivity index (χ4v) is 3.90. The van der Waals surface area contributed by atoms with Gasteiger partial charge in [-0.1, -0.05) is 43.0 Å². The molecule has 1 heterocycles. The van der Waals surface area contributed by atoms with Crippen LogP contribution in [0.15, 0.2) is 24.3 Å². The molecule has 1 aromatic rings. The Morgan fingerprint density at radius 1 is 1.08 bits per heavy atom. The molecular formula is C20H29ClN2O2. The number of rotatable bonds is 6. The monoisotopic (exact) mass is 364 g/mol. The van der Waals surface area contributed by atoms with Gasteiger partial charge in [0.15, 0.2) is 0 Å². The zero-order valence-corrected chi connectivity index (χ0v) is 15.6. The highest BCUT2D eigenvalue weighted by molar-refractivity contribution is 6.30. The van der Waals surface area contributed by atoms with Crippen LogP contribution in [0.5, 0.6) is 0 Å². The van der Waals surface area contributed by atoms with E-state index in [9.17, 15) is 4.79 Å². The van der Waals surface area contributed by atoms with Crippen molar-refractivity contribution in [3.63, 3.8) is 0 Å². The second kappa shape index (κ2) is 9.56. The number of likely N-dealkylation sites (tertiary alicyclic amines) is 1. The number of nitrogens with zero attached hydrogens (tertiary/aromatic N) is 1. The first-order valence-corrected chi connectivity index (χ1v) is 9.94. The van der Waals surface area contributed by atoms with Gasteiger partial charge in [-0.05, 0) is 43.4 Å². The summed E-state index contributed by atoms with van der Waals surface area (Å²) in [6, 6.07) is 8.33. The molecule has 0 unspecified atom stereocenters. The number of piperidine rings is 1. The molecule has 0 radical (unpaired) electrons. The van der Waals surface area contributed by atoms with E-state index < -0.39 is 0 Å². The number of carbonyl (C=O) groups excluding carboxylic acids is 1. The molecule has 1 saturated carbocycles. The first-order valence-electron chi connectivity index (χ1n) is 9.57. The lowest BCUT2D eigenvalue weighted by Crippen LogP contribution is -2.45. The zero-order valence-electron chi connectivity index (χ0n) is 14.9. The lowest BCUT2D eigenvalue weighted by Gasteiger charge is -2.32. The van der Waals surface area contributed by atoms with Crippen molar-refractivity contribution in [2.45, 2.75) is 63.6 Å². The first kappa shape index (κ1) is 18.7. The van der Waals surface area contributed by atoms with E-state index in [-0.39, 0.29) is 18.6 Å². The lowest BCUT2D eigenvalue weighted by molar-refractivity contribution is -0.129.